The summed E-state index contributed by atoms with van der Waals surface area (Å²) < 4.78 is 40.4. The van der Waals surface area contributed by atoms with Crippen LogP contribution >= 0.6 is 0 Å². The fourth-order valence-electron chi connectivity index (χ4n) is 1.56. The topological polar surface area (TPSA) is 45.0 Å². The molecule has 0 aromatic heterocycles. The van der Waals surface area contributed by atoms with E-state index in [9.17, 15) is 13.2 Å². The number of nitrogens with zero attached hydrogens (tertiary/aromatic N) is 1. The molecule has 0 aliphatic rings. The summed E-state index contributed by atoms with van der Waals surface area (Å²) in [6.45, 7) is 4.68. The number of nitriles is 1. The molecular weight excluding hydrogens is 257 g/mol. The molecule has 3 nitrogen and oxygen atoms in total. The van der Waals surface area contributed by atoms with Crippen LogP contribution in [0.5, 0.6) is 0 Å². The first-order valence-electron chi connectivity index (χ1n) is 6.64. The highest BCUT2D eigenvalue weighted by atomic mass is 19.4. The van der Waals surface area contributed by atoms with Gasteiger partial charge in [0.2, 0.25) is 0 Å². The maximum Gasteiger partial charge on any atom is 0.391 e. The molecule has 0 fully saturated rings. The highest BCUT2D eigenvalue weighted by Gasteiger charge is 2.26. The lowest BCUT2D eigenvalue weighted by molar-refractivity contribution is -0.145. The summed E-state index contributed by atoms with van der Waals surface area (Å²) in [5.41, 5.74) is -0.554. The molecule has 0 rings (SSSR count). The van der Waals surface area contributed by atoms with Gasteiger partial charge in [-0.3, -0.25) is 5.32 Å². The molecule has 0 aliphatic carbocycles. The Morgan fingerprint density at radius 1 is 1.16 bits per heavy atom. The third-order valence-electron chi connectivity index (χ3n) is 2.76. The number of hydrogen-bond acceptors (Lipinski definition) is 3. The van der Waals surface area contributed by atoms with Gasteiger partial charge in [0.15, 0.2) is 0 Å². The number of hydrogen-bond donors (Lipinski definition) is 1. The second-order valence-corrected chi connectivity index (χ2v) is 4.81. The van der Waals surface area contributed by atoms with E-state index in [1.807, 2.05) is 13.8 Å². The first-order chi connectivity index (χ1) is 8.83. The Balaban J connectivity index is 3.59. The summed E-state index contributed by atoms with van der Waals surface area (Å²) in [5, 5.41) is 12.2. The van der Waals surface area contributed by atoms with E-state index in [1.165, 1.54) is 0 Å². The molecular formula is C13H23F3N2O. The maximum absolute atomic E-state index is 11.8. The van der Waals surface area contributed by atoms with Crippen LogP contribution in [0.4, 0.5) is 13.2 Å². The van der Waals surface area contributed by atoms with Gasteiger partial charge in [-0.2, -0.15) is 18.4 Å². The number of nitrogens with one attached hydrogen (secondary N) is 1. The predicted octanol–water partition coefficient (Wildman–Crippen LogP) is 3.41. The Labute approximate surface area is 113 Å². The highest BCUT2D eigenvalue weighted by molar-refractivity contribution is 5.03. The van der Waals surface area contributed by atoms with Crippen molar-refractivity contribution in [3.63, 3.8) is 0 Å². The van der Waals surface area contributed by atoms with Crippen molar-refractivity contribution in [1.82, 2.24) is 5.32 Å². The molecule has 19 heavy (non-hydrogen) atoms. The minimum atomic E-state index is -4.15. The Bertz CT molecular complexity index is 276. The minimum Gasteiger partial charge on any atom is -0.381 e. The van der Waals surface area contributed by atoms with Crippen molar-refractivity contribution in [2.45, 2.75) is 57.7 Å². The molecule has 0 spiro atoms. The van der Waals surface area contributed by atoms with Crippen LogP contribution in [-0.4, -0.2) is 31.5 Å². The fraction of sp³-hybridized carbons (Fsp3) is 0.923. The molecule has 0 saturated heterocycles. The summed E-state index contributed by atoms with van der Waals surface area (Å²) in [5.74, 6) is 0. The molecule has 1 unspecified atom stereocenters. The highest BCUT2D eigenvalue weighted by Crippen LogP contribution is 2.19. The Morgan fingerprint density at radius 2 is 1.84 bits per heavy atom. The largest absolute Gasteiger partial charge is 0.391 e. The molecule has 6 heteroatoms. The van der Waals surface area contributed by atoms with E-state index in [2.05, 4.69) is 11.4 Å². The van der Waals surface area contributed by atoms with Crippen molar-refractivity contribution >= 4 is 0 Å². The van der Waals surface area contributed by atoms with Crippen molar-refractivity contribution in [2.75, 3.05) is 19.8 Å². The first-order valence-corrected chi connectivity index (χ1v) is 6.64. The zero-order valence-corrected chi connectivity index (χ0v) is 11.6. The van der Waals surface area contributed by atoms with Crippen LogP contribution in [0.25, 0.3) is 0 Å². The van der Waals surface area contributed by atoms with Crippen molar-refractivity contribution in [3.8, 4) is 6.07 Å². The molecule has 0 aliphatic heterocycles. The maximum atomic E-state index is 11.8. The van der Waals surface area contributed by atoms with Crippen LogP contribution in [-0.2, 0) is 4.74 Å². The van der Waals surface area contributed by atoms with Gasteiger partial charge in [0.25, 0.3) is 0 Å². The van der Waals surface area contributed by atoms with E-state index >= 15 is 0 Å². The SMILES string of the molecule is CCCNC(C)(C#N)CCCCOCCC(F)(F)F. The van der Waals surface area contributed by atoms with Crippen molar-refractivity contribution in [1.29, 1.82) is 5.26 Å². The van der Waals surface area contributed by atoms with Crippen LogP contribution in [0.1, 0.15) is 46.0 Å². The predicted molar refractivity (Wildman–Crippen MR) is 67.7 cm³/mol. The van der Waals surface area contributed by atoms with E-state index < -0.39 is 18.1 Å². The fourth-order valence-corrected chi connectivity index (χ4v) is 1.56. The summed E-state index contributed by atoms with van der Waals surface area (Å²) in [6, 6.07) is 2.23. The van der Waals surface area contributed by atoms with E-state index in [1.54, 1.807) is 0 Å². The Morgan fingerprint density at radius 3 is 2.37 bits per heavy atom. The van der Waals surface area contributed by atoms with Gasteiger partial charge in [0.05, 0.1) is 19.1 Å². The lowest BCUT2D eigenvalue weighted by Crippen LogP contribution is -2.41. The molecule has 0 bridgehead atoms. The summed E-state index contributed by atoms with van der Waals surface area (Å²) in [7, 11) is 0. The summed E-state index contributed by atoms with van der Waals surface area (Å²) >= 11 is 0. The van der Waals surface area contributed by atoms with Crippen molar-refractivity contribution in [2.24, 2.45) is 0 Å². The lowest BCUT2D eigenvalue weighted by Gasteiger charge is -2.22. The van der Waals surface area contributed by atoms with Crippen LogP contribution in [0.2, 0.25) is 0 Å². The number of unbranched alkanes of at least 4 members (excludes halogenated alkanes) is 1. The number of rotatable bonds is 10. The van der Waals surface area contributed by atoms with Gasteiger partial charge in [0, 0.05) is 6.61 Å². The van der Waals surface area contributed by atoms with Gasteiger partial charge in [-0.25, -0.2) is 0 Å². The third-order valence-corrected chi connectivity index (χ3v) is 2.76. The number of ether oxygens (including phenoxy) is 1. The van der Waals surface area contributed by atoms with E-state index in [0.717, 1.165) is 19.4 Å². The molecule has 0 saturated carbocycles. The van der Waals surface area contributed by atoms with E-state index in [-0.39, 0.29) is 6.61 Å². The number of halogens is 3. The quantitative estimate of drug-likeness (QED) is 0.624. The van der Waals surface area contributed by atoms with Crippen molar-refractivity contribution < 1.29 is 17.9 Å². The second kappa shape index (κ2) is 9.16. The third kappa shape index (κ3) is 10.8. The zero-order valence-electron chi connectivity index (χ0n) is 11.6. The molecule has 0 radical (unpaired) electrons. The Hall–Kier alpha value is -0.800. The summed E-state index contributed by atoms with van der Waals surface area (Å²) in [6.07, 6.45) is -2.00. The monoisotopic (exact) mass is 280 g/mol. The average molecular weight is 280 g/mol. The van der Waals surface area contributed by atoms with Gasteiger partial charge in [-0.05, 0) is 39.2 Å². The standard InChI is InChI=1S/C13H23F3N2O/c1-3-8-18-12(2,11-17)6-4-5-9-19-10-7-13(14,15)16/h18H,3-10H2,1-2H3. The van der Waals surface area contributed by atoms with Gasteiger partial charge in [0.1, 0.15) is 5.54 Å². The average Bonchev–Trinajstić information content (AvgIpc) is 2.34. The molecule has 112 valence electrons. The molecule has 1 atom stereocenters. The number of alkyl halides is 3. The van der Waals surface area contributed by atoms with E-state index in [0.29, 0.717) is 19.4 Å². The van der Waals surface area contributed by atoms with Gasteiger partial charge >= 0.3 is 6.18 Å². The zero-order chi connectivity index (χ0) is 14.8. The van der Waals surface area contributed by atoms with E-state index in [4.69, 9.17) is 10.00 Å². The van der Waals surface area contributed by atoms with Gasteiger partial charge in [-0.15, -0.1) is 0 Å². The van der Waals surface area contributed by atoms with Crippen molar-refractivity contribution in [3.05, 3.63) is 0 Å². The van der Waals surface area contributed by atoms with Crippen LogP contribution in [0.3, 0.4) is 0 Å². The van der Waals surface area contributed by atoms with Crippen LogP contribution < -0.4 is 5.32 Å². The summed E-state index contributed by atoms with van der Waals surface area (Å²) in [4.78, 5) is 0. The molecule has 0 amide bonds. The normalized spacial score (nSPS) is 14.9. The molecule has 0 aromatic rings. The van der Waals surface area contributed by atoms with Gasteiger partial charge in [-0.1, -0.05) is 6.92 Å². The van der Waals surface area contributed by atoms with Gasteiger partial charge < -0.3 is 4.74 Å². The first kappa shape index (κ1) is 18.2. The Kier molecular flexibility index (Phi) is 8.77. The minimum absolute atomic E-state index is 0.285. The second-order valence-electron chi connectivity index (χ2n) is 4.81. The molecule has 1 N–H and O–H groups in total. The molecule has 0 heterocycles. The lowest BCUT2D eigenvalue weighted by atomic mass is 9.96. The van der Waals surface area contributed by atoms with Crippen LogP contribution in [0, 0.1) is 11.3 Å². The smallest absolute Gasteiger partial charge is 0.381 e. The molecule has 0 aromatic carbocycles. The van der Waals surface area contributed by atoms with Crippen LogP contribution in [0.15, 0.2) is 0 Å².